The van der Waals surface area contributed by atoms with Gasteiger partial charge in [-0.2, -0.15) is 0 Å². The maximum absolute atomic E-state index is 12.7. The number of nitrogens with one attached hydrogen (secondary N) is 1. The van der Waals surface area contributed by atoms with E-state index < -0.39 is 0 Å². The molecule has 3 rings (SSSR count). The molecule has 2 heterocycles. The number of benzene rings is 1. The molecule has 122 valence electrons. The van der Waals surface area contributed by atoms with Crippen LogP contribution in [0.2, 0.25) is 0 Å². The van der Waals surface area contributed by atoms with E-state index in [2.05, 4.69) is 44.3 Å². The largest absolute Gasteiger partial charge is 0.316 e. The Morgan fingerprint density at radius 2 is 2.09 bits per heavy atom. The van der Waals surface area contributed by atoms with E-state index >= 15 is 0 Å². The number of rotatable bonds is 1. The van der Waals surface area contributed by atoms with Crippen molar-refractivity contribution in [1.82, 2.24) is 5.32 Å². The first-order chi connectivity index (χ1) is 9.97. The molecule has 0 aliphatic carbocycles. The Morgan fingerprint density at radius 1 is 1.32 bits per heavy atom. The van der Waals surface area contributed by atoms with E-state index in [-0.39, 0.29) is 23.7 Å². The first-order valence-corrected chi connectivity index (χ1v) is 8.12. The number of nitrogens with zero attached hydrogens (tertiary/aromatic N) is 1. The predicted octanol–water partition coefficient (Wildman–Crippen LogP) is 3.29. The van der Waals surface area contributed by atoms with E-state index in [1.54, 1.807) is 0 Å². The average molecular weight is 323 g/mol. The van der Waals surface area contributed by atoms with Crippen molar-refractivity contribution >= 4 is 24.0 Å². The fraction of sp³-hybridized carbons (Fsp3) is 0.611. The number of halogens is 1. The van der Waals surface area contributed by atoms with Gasteiger partial charge in [-0.05, 0) is 48.4 Å². The van der Waals surface area contributed by atoms with E-state index in [1.807, 2.05) is 4.90 Å². The van der Waals surface area contributed by atoms with Gasteiger partial charge >= 0.3 is 0 Å². The lowest BCUT2D eigenvalue weighted by atomic mass is 9.86. The van der Waals surface area contributed by atoms with Crippen LogP contribution < -0.4 is 10.2 Å². The molecule has 2 aliphatic rings. The van der Waals surface area contributed by atoms with Crippen molar-refractivity contribution in [2.24, 2.45) is 5.92 Å². The van der Waals surface area contributed by atoms with Crippen LogP contribution in [-0.2, 0) is 16.6 Å². The van der Waals surface area contributed by atoms with Gasteiger partial charge in [-0.3, -0.25) is 4.79 Å². The van der Waals surface area contributed by atoms with Crippen molar-refractivity contribution in [2.45, 2.75) is 45.4 Å². The molecule has 0 spiro atoms. The summed E-state index contributed by atoms with van der Waals surface area (Å²) in [6.45, 7) is 9.44. The molecule has 1 aromatic carbocycles. The molecule has 0 bridgehead atoms. The van der Waals surface area contributed by atoms with Gasteiger partial charge in [0.1, 0.15) is 0 Å². The highest BCUT2D eigenvalue weighted by atomic mass is 35.5. The van der Waals surface area contributed by atoms with Crippen molar-refractivity contribution in [3.63, 3.8) is 0 Å². The summed E-state index contributed by atoms with van der Waals surface area (Å²) in [5, 5.41) is 3.34. The molecule has 0 radical (unpaired) electrons. The summed E-state index contributed by atoms with van der Waals surface area (Å²) in [5.74, 6) is 0.469. The first kappa shape index (κ1) is 17.3. The van der Waals surface area contributed by atoms with Crippen LogP contribution in [0, 0.1) is 5.92 Å². The molecule has 4 heteroatoms. The topological polar surface area (TPSA) is 32.3 Å². The van der Waals surface area contributed by atoms with Crippen LogP contribution in [0.4, 0.5) is 5.69 Å². The van der Waals surface area contributed by atoms with Gasteiger partial charge in [-0.1, -0.05) is 32.9 Å². The third-order valence-corrected chi connectivity index (χ3v) is 4.75. The Kier molecular flexibility index (Phi) is 5.18. The fourth-order valence-electron chi connectivity index (χ4n) is 3.38. The number of anilines is 1. The second-order valence-electron chi connectivity index (χ2n) is 7.38. The third-order valence-electron chi connectivity index (χ3n) is 4.75. The molecule has 0 saturated carbocycles. The molecule has 1 aromatic rings. The molecular weight excluding hydrogens is 296 g/mol. The van der Waals surface area contributed by atoms with E-state index in [4.69, 9.17) is 0 Å². The van der Waals surface area contributed by atoms with Crippen molar-refractivity contribution in [3.05, 3.63) is 29.3 Å². The number of carbonyl (C=O) groups excluding carboxylic acids is 1. The Labute approximate surface area is 139 Å². The van der Waals surface area contributed by atoms with E-state index in [0.717, 1.165) is 44.6 Å². The van der Waals surface area contributed by atoms with Gasteiger partial charge < -0.3 is 10.2 Å². The van der Waals surface area contributed by atoms with Gasteiger partial charge in [-0.25, -0.2) is 0 Å². The Hall–Kier alpha value is -1.06. The quantitative estimate of drug-likeness (QED) is 0.860. The number of carbonyl (C=O) groups is 1. The lowest BCUT2D eigenvalue weighted by molar-refractivity contribution is -0.122. The van der Waals surface area contributed by atoms with Crippen LogP contribution in [0.25, 0.3) is 0 Å². The van der Waals surface area contributed by atoms with Gasteiger partial charge in [0.25, 0.3) is 0 Å². The van der Waals surface area contributed by atoms with Gasteiger partial charge in [0.2, 0.25) is 5.91 Å². The molecule has 1 saturated heterocycles. The van der Waals surface area contributed by atoms with Gasteiger partial charge in [-0.15, -0.1) is 12.4 Å². The first-order valence-electron chi connectivity index (χ1n) is 8.12. The van der Waals surface area contributed by atoms with Crippen molar-refractivity contribution < 1.29 is 4.79 Å². The molecule has 22 heavy (non-hydrogen) atoms. The molecule has 1 fully saturated rings. The lowest BCUT2D eigenvalue weighted by Crippen LogP contribution is -2.42. The Balaban J connectivity index is 0.00000176. The molecule has 3 nitrogen and oxygen atoms in total. The minimum atomic E-state index is 0. The minimum absolute atomic E-state index is 0. The summed E-state index contributed by atoms with van der Waals surface area (Å²) in [5.41, 5.74) is 3.99. The zero-order valence-corrected chi connectivity index (χ0v) is 14.6. The summed E-state index contributed by atoms with van der Waals surface area (Å²) in [6.07, 6.45) is 3.13. The molecule has 1 N–H and O–H groups in total. The van der Waals surface area contributed by atoms with E-state index in [0.29, 0.717) is 5.91 Å². The van der Waals surface area contributed by atoms with E-state index in [9.17, 15) is 4.79 Å². The Morgan fingerprint density at radius 3 is 2.73 bits per heavy atom. The number of amides is 1. The van der Waals surface area contributed by atoms with Crippen molar-refractivity contribution in [2.75, 3.05) is 24.5 Å². The normalized spacial score (nSPS) is 21.2. The molecule has 0 aromatic heterocycles. The number of hydrogen-bond donors (Lipinski definition) is 1. The van der Waals surface area contributed by atoms with Crippen LogP contribution in [0.15, 0.2) is 18.2 Å². The number of hydrogen-bond acceptors (Lipinski definition) is 2. The summed E-state index contributed by atoms with van der Waals surface area (Å²) in [6, 6.07) is 6.63. The molecule has 2 aliphatic heterocycles. The van der Waals surface area contributed by atoms with Crippen LogP contribution in [-0.4, -0.2) is 25.5 Å². The van der Waals surface area contributed by atoms with Gasteiger partial charge in [0, 0.05) is 18.8 Å². The lowest BCUT2D eigenvalue weighted by Gasteiger charge is -2.27. The maximum Gasteiger partial charge on any atom is 0.231 e. The average Bonchev–Trinajstić information content (AvgIpc) is 2.89. The summed E-state index contributed by atoms with van der Waals surface area (Å²) < 4.78 is 0. The predicted molar refractivity (Wildman–Crippen MR) is 94.0 cm³/mol. The zero-order chi connectivity index (χ0) is 15.0. The van der Waals surface area contributed by atoms with Crippen molar-refractivity contribution in [1.29, 1.82) is 0 Å². The number of fused-ring (bicyclic) bond motifs is 1. The summed E-state index contributed by atoms with van der Waals surface area (Å²) in [7, 11) is 0. The van der Waals surface area contributed by atoms with Crippen LogP contribution >= 0.6 is 12.4 Å². The van der Waals surface area contributed by atoms with Crippen LogP contribution in [0.5, 0.6) is 0 Å². The third kappa shape index (κ3) is 3.31. The van der Waals surface area contributed by atoms with E-state index in [1.165, 1.54) is 11.1 Å². The maximum atomic E-state index is 12.7. The standard InChI is InChI=1S/C18H26N2O.ClH/c1-18(2,3)15-6-7-16-13(11-15)8-10-20(16)17(21)14-5-4-9-19-12-14;/h6-7,11,14,19H,4-5,8-10,12H2,1-3H3;1H. The van der Waals surface area contributed by atoms with Crippen molar-refractivity contribution in [3.8, 4) is 0 Å². The fourth-order valence-corrected chi connectivity index (χ4v) is 3.38. The minimum Gasteiger partial charge on any atom is -0.316 e. The molecule has 1 unspecified atom stereocenters. The zero-order valence-electron chi connectivity index (χ0n) is 13.8. The summed E-state index contributed by atoms with van der Waals surface area (Å²) >= 11 is 0. The molecular formula is C18H27ClN2O. The highest BCUT2D eigenvalue weighted by molar-refractivity contribution is 5.97. The second-order valence-corrected chi connectivity index (χ2v) is 7.38. The SMILES string of the molecule is CC(C)(C)c1ccc2c(c1)CCN2C(=O)C1CCCNC1.Cl. The van der Waals surface area contributed by atoms with Gasteiger partial charge in [0.05, 0.1) is 5.92 Å². The Bertz CT molecular complexity index is 545. The highest BCUT2D eigenvalue weighted by Crippen LogP contribution is 2.34. The molecule has 1 amide bonds. The second kappa shape index (κ2) is 6.59. The molecule has 1 atom stereocenters. The van der Waals surface area contributed by atoms with Gasteiger partial charge in [0.15, 0.2) is 0 Å². The van der Waals surface area contributed by atoms with Crippen LogP contribution in [0.1, 0.15) is 44.7 Å². The monoisotopic (exact) mass is 322 g/mol. The smallest absolute Gasteiger partial charge is 0.231 e. The van der Waals surface area contributed by atoms with Crippen LogP contribution in [0.3, 0.4) is 0 Å². The highest BCUT2D eigenvalue weighted by Gasteiger charge is 2.31. The summed E-state index contributed by atoms with van der Waals surface area (Å²) in [4.78, 5) is 14.7. The number of piperidine rings is 1.